The number of aliphatic hydroxyl groups excluding tert-OH is 1. The van der Waals surface area contributed by atoms with Crippen LogP contribution in [-0.4, -0.2) is 72.5 Å². The summed E-state index contributed by atoms with van der Waals surface area (Å²) < 4.78 is 29.2. The van der Waals surface area contributed by atoms with E-state index in [1.165, 1.54) is 60.3 Å². The van der Waals surface area contributed by atoms with Gasteiger partial charge in [0.05, 0.1) is 29.7 Å². The van der Waals surface area contributed by atoms with Crippen LogP contribution in [0.2, 0.25) is 0 Å². The average Bonchev–Trinajstić information content (AvgIpc) is 3.03. The van der Waals surface area contributed by atoms with Crippen LogP contribution in [-0.2, 0) is 28.0 Å². The first-order valence-corrected chi connectivity index (χ1v) is 20.1. The lowest BCUT2D eigenvalue weighted by Crippen LogP contribution is -2.18. The van der Waals surface area contributed by atoms with Gasteiger partial charge < -0.3 is 14.7 Å². The second-order valence-corrected chi connectivity index (χ2v) is 18.4. The van der Waals surface area contributed by atoms with E-state index in [0.717, 1.165) is 23.5 Å². The van der Waals surface area contributed by atoms with Crippen molar-refractivity contribution in [2.24, 2.45) is 16.2 Å². The van der Waals surface area contributed by atoms with Crippen molar-refractivity contribution >= 4 is 69.8 Å². The van der Waals surface area contributed by atoms with Crippen LogP contribution in [0.25, 0.3) is 0 Å². The maximum Gasteiger partial charge on any atom is 0.530 e. The Bertz CT molecular complexity index is 1470. The van der Waals surface area contributed by atoms with E-state index in [-0.39, 0.29) is 75.0 Å². The SMILES string of the molecule is CC(C)(C)C(=O)SCCO.CC(C)(C)C(=O)SCCOP(=O)(OCCSC(=O)C(C)(C)C)Oc1ccc([N+](=O)[O-])cc1.O=[N+]([O-])c1ccc(O)cc1. The minimum atomic E-state index is -4.10. The molecule has 0 aliphatic heterocycles. The Balaban J connectivity index is 0.00000105. The van der Waals surface area contributed by atoms with Gasteiger partial charge in [-0.15, -0.1) is 0 Å². The van der Waals surface area contributed by atoms with E-state index in [2.05, 4.69) is 0 Å². The molecule has 52 heavy (non-hydrogen) atoms. The number of hydrogen-bond donors (Lipinski definition) is 2. The molecule has 2 aromatic rings. The van der Waals surface area contributed by atoms with Gasteiger partial charge >= 0.3 is 7.82 Å². The van der Waals surface area contributed by atoms with Crippen LogP contribution in [0.3, 0.4) is 0 Å². The molecular formula is C33H49N2O13PS3. The summed E-state index contributed by atoms with van der Waals surface area (Å²) in [5.74, 6) is 1.09. The van der Waals surface area contributed by atoms with Crippen molar-refractivity contribution in [1.29, 1.82) is 0 Å². The number of phosphoric ester groups is 1. The number of phenols is 1. The van der Waals surface area contributed by atoms with Crippen molar-refractivity contribution in [2.45, 2.75) is 62.3 Å². The standard InChI is InChI=1S/C20H30NO8PS2.C7H14O2S.C6H5NO3/c1-19(2,3)17(22)31-13-11-27-30(26,28-12-14-32-18(23)20(4,5)6)29-16-9-7-15(8-10-16)21(24)25;1-7(2,3)6(9)10-5-4-8;8-6-3-1-5(2-4-6)7(9)10/h7-10H,11-14H2,1-6H3;8H,4-5H2,1-3H3;1-4,8H. The van der Waals surface area contributed by atoms with Crippen LogP contribution in [0.4, 0.5) is 11.4 Å². The van der Waals surface area contributed by atoms with Gasteiger partial charge in [0.2, 0.25) is 0 Å². The predicted molar refractivity (Wildman–Crippen MR) is 206 cm³/mol. The number of nitro groups is 2. The fraction of sp³-hybridized carbons (Fsp3) is 0.545. The van der Waals surface area contributed by atoms with Gasteiger partial charge in [-0.1, -0.05) is 97.6 Å². The lowest BCUT2D eigenvalue weighted by Gasteiger charge is -2.20. The summed E-state index contributed by atoms with van der Waals surface area (Å²) in [6.45, 7) is 16.3. The van der Waals surface area contributed by atoms with E-state index >= 15 is 0 Å². The predicted octanol–water partition coefficient (Wildman–Crippen LogP) is 8.31. The Hall–Kier alpha value is -2.99. The zero-order chi connectivity index (χ0) is 40.3. The van der Waals surface area contributed by atoms with Crippen LogP contribution < -0.4 is 4.52 Å². The number of carbonyl (C=O) groups excluding carboxylic acids is 3. The summed E-state index contributed by atoms with van der Waals surface area (Å²) in [7, 11) is -4.10. The lowest BCUT2D eigenvalue weighted by molar-refractivity contribution is -0.385. The number of thioether (sulfide) groups is 3. The normalized spacial score (nSPS) is 11.7. The highest BCUT2D eigenvalue weighted by Crippen LogP contribution is 2.50. The van der Waals surface area contributed by atoms with Crippen LogP contribution in [0.15, 0.2) is 48.5 Å². The van der Waals surface area contributed by atoms with Crippen LogP contribution >= 0.6 is 43.1 Å². The Morgan fingerprint density at radius 2 is 0.981 bits per heavy atom. The number of hydrogen-bond acceptors (Lipinski definition) is 16. The van der Waals surface area contributed by atoms with Gasteiger partial charge in [-0.2, -0.15) is 0 Å². The van der Waals surface area contributed by atoms with E-state index in [1.54, 1.807) is 41.5 Å². The smallest absolute Gasteiger partial charge is 0.508 e. The molecule has 0 fully saturated rings. The summed E-state index contributed by atoms with van der Waals surface area (Å²) in [5.41, 5.74) is -1.48. The van der Waals surface area contributed by atoms with Gasteiger partial charge in [0.25, 0.3) is 11.4 Å². The molecule has 0 bridgehead atoms. The fourth-order valence-corrected chi connectivity index (χ4v) is 6.49. The molecule has 0 atom stereocenters. The third-order valence-electron chi connectivity index (χ3n) is 5.62. The third kappa shape index (κ3) is 21.5. The highest BCUT2D eigenvalue weighted by atomic mass is 32.2. The number of rotatable bonds is 14. The van der Waals surface area contributed by atoms with Crippen molar-refractivity contribution < 1.29 is 52.6 Å². The number of benzene rings is 2. The van der Waals surface area contributed by atoms with Crippen molar-refractivity contribution in [2.75, 3.05) is 37.1 Å². The minimum Gasteiger partial charge on any atom is -0.508 e. The Morgan fingerprint density at radius 3 is 1.29 bits per heavy atom. The van der Waals surface area contributed by atoms with Gasteiger partial charge in [-0.25, -0.2) is 4.57 Å². The van der Waals surface area contributed by atoms with Gasteiger partial charge in [-0.05, 0) is 24.3 Å². The Morgan fingerprint density at radius 1 is 0.654 bits per heavy atom. The number of non-ortho nitro benzene ring substituents is 2. The van der Waals surface area contributed by atoms with Gasteiger partial charge in [0, 0.05) is 57.8 Å². The zero-order valence-electron chi connectivity index (χ0n) is 30.8. The van der Waals surface area contributed by atoms with Crippen molar-refractivity contribution in [1.82, 2.24) is 0 Å². The number of nitrogens with zero attached hydrogens (tertiary/aromatic N) is 2. The number of carbonyl (C=O) groups is 3. The van der Waals surface area contributed by atoms with E-state index in [0.29, 0.717) is 5.75 Å². The molecule has 2 aromatic carbocycles. The van der Waals surface area contributed by atoms with Crippen LogP contribution in [0.1, 0.15) is 62.3 Å². The van der Waals surface area contributed by atoms with Gasteiger partial charge in [-0.3, -0.25) is 43.7 Å². The first-order chi connectivity index (χ1) is 23.8. The lowest BCUT2D eigenvalue weighted by atomic mass is 9.99. The summed E-state index contributed by atoms with van der Waals surface area (Å²) >= 11 is 3.30. The first-order valence-electron chi connectivity index (χ1n) is 15.7. The van der Waals surface area contributed by atoms with Crippen molar-refractivity contribution in [3.8, 4) is 11.5 Å². The first kappa shape index (κ1) is 49.0. The van der Waals surface area contributed by atoms with E-state index in [9.17, 15) is 39.2 Å². The molecule has 0 heterocycles. The van der Waals surface area contributed by atoms with Gasteiger partial charge in [0.15, 0.2) is 15.3 Å². The molecule has 0 amide bonds. The summed E-state index contributed by atoms with van der Waals surface area (Å²) in [6, 6.07) is 10.0. The largest absolute Gasteiger partial charge is 0.530 e. The van der Waals surface area contributed by atoms with E-state index in [4.69, 9.17) is 23.8 Å². The van der Waals surface area contributed by atoms with Gasteiger partial charge in [0.1, 0.15) is 11.5 Å². The maximum absolute atomic E-state index is 13.1. The Labute approximate surface area is 317 Å². The zero-order valence-corrected chi connectivity index (χ0v) is 34.2. The molecule has 19 heteroatoms. The van der Waals surface area contributed by atoms with Crippen molar-refractivity contribution in [3.63, 3.8) is 0 Å². The number of phosphoric acid groups is 1. The number of aromatic hydroxyl groups is 1. The Kier molecular flexibility index (Phi) is 21.6. The average molecular weight is 809 g/mol. The fourth-order valence-electron chi connectivity index (χ4n) is 2.78. The highest BCUT2D eigenvalue weighted by Gasteiger charge is 2.30. The van der Waals surface area contributed by atoms with Crippen LogP contribution in [0, 0.1) is 36.5 Å². The molecule has 0 aromatic heterocycles. The maximum atomic E-state index is 13.1. The summed E-state index contributed by atoms with van der Waals surface area (Å²) in [6.07, 6.45) is 0. The molecular weight excluding hydrogens is 760 g/mol. The monoisotopic (exact) mass is 808 g/mol. The molecule has 0 spiro atoms. The van der Waals surface area contributed by atoms with Crippen molar-refractivity contribution in [3.05, 3.63) is 68.8 Å². The molecule has 0 radical (unpaired) electrons. The molecule has 0 saturated carbocycles. The molecule has 2 rings (SSSR count). The number of nitro benzene ring substituents is 2. The number of phenolic OH excluding ortho intramolecular Hbond substituents is 1. The molecule has 0 aliphatic rings. The summed E-state index contributed by atoms with van der Waals surface area (Å²) in [5, 5.41) is 38.0. The second kappa shape index (κ2) is 22.9. The molecule has 2 N–H and O–H groups in total. The quantitative estimate of drug-likeness (QED) is 0.0792. The number of aliphatic hydroxyl groups is 1. The topological polar surface area (TPSA) is 223 Å². The molecule has 0 unspecified atom stereocenters. The molecule has 0 aliphatic carbocycles. The third-order valence-corrected chi connectivity index (χ3v) is 10.8. The minimum absolute atomic E-state index is 0.0159. The molecule has 15 nitrogen and oxygen atoms in total. The van der Waals surface area contributed by atoms with E-state index in [1.807, 2.05) is 20.8 Å². The summed E-state index contributed by atoms with van der Waals surface area (Å²) in [4.78, 5) is 54.8. The van der Waals surface area contributed by atoms with Crippen LogP contribution in [0.5, 0.6) is 11.5 Å². The molecule has 292 valence electrons. The molecule has 0 saturated heterocycles. The van der Waals surface area contributed by atoms with E-state index < -0.39 is 28.5 Å². The highest BCUT2D eigenvalue weighted by molar-refractivity contribution is 8.14. The second-order valence-electron chi connectivity index (χ2n) is 13.6.